The molecule has 0 spiro atoms. The molecule has 6 atom stereocenters. The first-order chi connectivity index (χ1) is 12.3. The van der Waals surface area contributed by atoms with Gasteiger partial charge in [0.15, 0.2) is 5.78 Å². The Kier molecular flexibility index (Phi) is 5.03. The SMILES string of the molecule is CC1=C2C(=O)C=C(CO)C2C2OC(=O)C(C)C2C(OC(=O)C(C)CO)C1. The van der Waals surface area contributed by atoms with E-state index in [1.807, 2.05) is 0 Å². The molecule has 1 saturated heterocycles. The van der Waals surface area contributed by atoms with Gasteiger partial charge in [0.1, 0.15) is 12.2 Å². The molecule has 3 aliphatic rings. The van der Waals surface area contributed by atoms with Crippen molar-refractivity contribution in [2.75, 3.05) is 13.2 Å². The van der Waals surface area contributed by atoms with Crippen LogP contribution in [0, 0.1) is 23.7 Å². The van der Waals surface area contributed by atoms with Crippen LogP contribution in [0.5, 0.6) is 0 Å². The van der Waals surface area contributed by atoms with E-state index in [0.29, 0.717) is 17.6 Å². The fourth-order valence-corrected chi connectivity index (χ4v) is 4.26. The van der Waals surface area contributed by atoms with Crippen molar-refractivity contribution < 1.29 is 34.1 Å². The number of carbonyl (C=O) groups is 3. The van der Waals surface area contributed by atoms with Crippen molar-refractivity contribution in [2.45, 2.75) is 39.4 Å². The van der Waals surface area contributed by atoms with Crippen molar-refractivity contribution in [2.24, 2.45) is 23.7 Å². The van der Waals surface area contributed by atoms with Gasteiger partial charge in [0.25, 0.3) is 0 Å². The molecule has 26 heavy (non-hydrogen) atoms. The molecule has 0 saturated carbocycles. The van der Waals surface area contributed by atoms with Crippen molar-refractivity contribution in [3.8, 4) is 0 Å². The maximum absolute atomic E-state index is 12.4. The van der Waals surface area contributed by atoms with Crippen LogP contribution in [0.1, 0.15) is 27.2 Å². The Balaban J connectivity index is 2.01. The number of aliphatic hydroxyl groups is 2. The zero-order valence-corrected chi connectivity index (χ0v) is 15.1. The van der Waals surface area contributed by atoms with Crippen molar-refractivity contribution >= 4 is 17.7 Å². The largest absolute Gasteiger partial charge is 0.461 e. The molecule has 1 aliphatic heterocycles. The molecule has 3 rings (SSSR count). The molecular formula is C19H24O7. The molecule has 0 radical (unpaired) electrons. The standard InChI is InChI=1S/C19H24O7/c1-8-4-13(25-18(23)9(2)6-20)15-10(3)19(24)26-17(15)16-11(7-21)5-12(22)14(8)16/h5,9-10,13,15-17,20-21H,4,6-7H2,1-3H3. The minimum absolute atomic E-state index is 0.193. The van der Waals surface area contributed by atoms with Gasteiger partial charge in [-0.2, -0.15) is 0 Å². The van der Waals surface area contributed by atoms with Gasteiger partial charge in [-0.25, -0.2) is 0 Å². The lowest BCUT2D eigenvalue weighted by Crippen LogP contribution is -2.39. The number of carbonyl (C=O) groups excluding carboxylic acids is 3. The molecule has 0 amide bonds. The fourth-order valence-electron chi connectivity index (χ4n) is 4.26. The van der Waals surface area contributed by atoms with E-state index in [0.717, 1.165) is 5.57 Å². The second-order valence-corrected chi connectivity index (χ2v) is 7.44. The molecular weight excluding hydrogens is 340 g/mol. The summed E-state index contributed by atoms with van der Waals surface area (Å²) in [6.45, 7) is 4.46. The number of hydrogen-bond donors (Lipinski definition) is 2. The lowest BCUT2D eigenvalue weighted by atomic mass is 9.79. The van der Waals surface area contributed by atoms with E-state index in [4.69, 9.17) is 9.47 Å². The minimum atomic E-state index is -0.674. The first kappa shape index (κ1) is 18.8. The number of fused-ring (bicyclic) bond motifs is 3. The highest BCUT2D eigenvalue weighted by atomic mass is 16.6. The maximum atomic E-state index is 12.4. The van der Waals surface area contributed by atoms with Gasteiger partial charge in [-0.05, 0) is 25.5 Å². The highest BCUT2D eigenvalue weighted by Gasteiger charge is 2.55. The summed E-state index contributed by atoms with van der Waals surface area (Å²) < 4.78 is 11.2. The smallest absolute Gasteiger partial charge is 0.311 e. The predicted molar refractivity (Wildman–Crippen MR) is 89.6 cm³/mol. The molecule has 0 aromatic heterocycles. The van der Waals surface area contributed by atoms with Gasteiger partial charge in [-0.1, -0.05) is 12.5 Å². The normalized spacial score (nSPS) is 34.7. The molecule has 0 aromatic rings. The number of allylic oxidation sites excluding steroid dienone is 1. The number of esters is 2. The maximum Gasteiger partial charge on any atom is 0.311 e. The Bertz CT molecular complexity index is 705. The summed E-state index contributed by atoms with van der Waals surface area (Å²) in [5.74, 6) is -3.22. The number of aliphatic hydroxyl groups excluding tert-OH is 2. The third-order valence-corrected chi connectivity index (χ3v) is 5.72. The molecule has 0 bridgehead atoms. The zero-order valence-electron chi connectivity index (χ0n) is 15.1. The molecule has 2 N–H and O–H groups in total. The first-order valence-corrected chi connectivity index (χ1v) is 8.87. The Labute approximate surface area is 151 Å². The summed E-state index contributed by atoms with van der Waals surface area (Å²) >= 11 is 0. The molecule has 0 aromatic carbocycles. The van der Waals surface area contributed by atoms with Gasteiger partial charge in [-0.15, -0.1) is 0 Å². The van der Waals surface area contributed by atoms with Crippen molar-refractivity contribution in [3.63, 3.8) is 0 Å². The number of hydrogen-bond acceptors (Lipinski definition) is 7. The van der Waals surface area contributed by atoms with Crippen LogP contribution in [0.25, 0.3) is 0 Å². The van der Waals surface area contributed by atoms with Crippen LogP contribution in [-0.2, 0) is 23.9 Å². The molecule has 142 valence electrons. The highest BCUT2D eigenvalue weighted by Crippen LogP contribution is 2.48. The summed E-state index contributed by atoms with van der Waals surface area (Å²) in [7, 11) is 0. The van der Waals surface area contributed by atoms with E-state index in [1.165, 1.54) is 6.08 Å². The Hall–Kier alpha value is -1.99. The van der Waals surface area contributed by atoms with Gasteiger partial charge >= 0.3 is 11.9 Å². The van der Waals surface area contributed by atoms with Crippen molar-refractivity contribution in [3.05, 3.63) is 22.8 Å². The monoisotopic (exact) mass is 364 g/mol. The van der Waals surface area contributed by atoms with E-state index >= 15 is 0 Å². The number of ether oxygens (including phenoxy) is 2. The van der Waals surface area contributed by atoms with Crippen molar-refractivity contribution in [1.82, 2.24) is 0 Å². The Morgan fingerprint density at radius 2 is 2.08 bits per heavy atom. The van der Waals surface area contributed by atoms with Crippen LogP contribution in [0.2, 0.25) is 0 Å². The molecule has 6 unspecified atom stereocenters. The number of rotatable bonds is 4. The minimum Gasteiger partial charge on any atom is -0.461 e. The third kappa shape index (κ3) is 2.89. The Morgan fingerprint density at radius 3 is 2.69 bits per heavy atom. The van der Waals surface area contributed by atoms with Crippen molar-refractivity contribution in [1.29, 1.82) is 0 Å². The van der Waals surface area contributed by atoms with Crippen LogP contribution >= 0.6 is 0 Å². The summed E-state index contributed by atoms with van der Waals surface area (Å²) in [5.41, 5.74) is 1.82. The quantitative estimate of drug-likeness (QED) is 0.701. The second kappa shape index (κ2) is 6.96. The average molecular weight is 364 g/mol. The van der Waals surface area contributed by atoms with Gasteiger partial charge in [-0.3, -0.25) is 14.4 Å². The van der Waals surface area contributed by atoms with Crippen LogP contribution in [0.4, 0.5) is 0 Å². The summed E-state index contributed by atoms with van der Waals surface area (Å²) in [6.07, 6.45) is 0.444. The lowest BCUT2D eigenvalue weighted by molar-refractivity contribution is -0.159. The van der Waals surface area contributed by atoms with Crippen LogP contribution < -0.4 is 0 Å². The van der Waals surface area contributed by atoms with E-state index in [1.54, 1.807) is 20.8 Å². The van der Waals surface area contributed by atoms with E-state index in [9.17, 15) is 24.6 Å². The van der Waals surface area contributed by atoms with E-state index in [2.05, 4.69) is 0 Å². The van der Waals surface area contributed by atoms with Crippen LogP contribution in [0.3, 0.4) is 0 Å². The highest BCUT2D eigenvalue weighted by molar-refractivity contribution is 6.09. The predicted octanol–water partition coefficient (Wildman–Crippen LogP) is 0.542. The van der Waals surface area contributed by atoms with Gasteiger partial charge in [0.05, 0.1) is 25.0 Å². The third-order valence-electron chi connectivity index (χ3n) is 5.72. The molecule has 7 nitrogen and oxygen atoms in total. The lowest BCUT2D eigenvalue weighted by Gasteiger charge is -2.30. The van der Waals surface area contributed by atoms with Crippen LogP contribution in [-0.4, -0.2) is 53.4 Å². The number of ketones is 1. The first-order valence-electron chi connectivity index (χ1n) is 8.87. The molecule has 1 heterocycles. The fraction of sp³-hybridized carbons (Fsp3) is 0.632. The summed E-state index contributed by atoms with van der Waals surface area (Å²) in [4.78, 5) is 36.9. The van der Waals surface area contributed by atoms with E-state index in [-0.39, 0.29) is 19.0 Å². The Morgan fingerprint density at radius 1 is 1.38 bits per heavy atom. The zero-order chi connectivity index (χ0) is 19.2. The molecule has 1 fully saturated rings. The topological polar surface area (TPSA) is 110 Å². The van der Waals surface area contributed by atoms with Crippen LogP contribution in [0.15, 0.2) is 22.8 Å². The van der Waals surface area contributed by atoms with Gasteiger partial charge in [0.2, 0.25) is 0 Å². The van der Waals surface area contributed by atoms with Gasteiger partial charge < -0.3 is 19.7 Å². The summed E-state index contributed by atoms with van der Waals surface area (Å²) in [5, 5.41) is 18.9. The molecule has 2 aliphatic carbocycles. The summed E-state index contributed by atoms with van der Waals surface area (Å²) in [6, 6.07) is 0. The van der Waals surface area contributed by atoms with E-state index < -0.39 is 47.8 Å². The van der Waals surface area contributed by atoms with Gasteiger partial charge in [0, 0.05) is 23.8 Å². The second-order valence-electron chi connectivity index (χ2n) is 7.44. The average Bonchev–Trinajstić information content (AvgIpc) is 3.05. The molecule has 7 heteroatoms.